The van der Waals surface area contributed by atoms with E-state index in [0.717, 1.165) is 11.1 Å². The molecule has 0 aliphatic carbocycles. The van der Waals surface area contributed by atoms with Crippen molar-refractivity contribution in [2.75, 3.05) is 32.8 Å². The molecule has 8 heteroatoms. The van der Waals surface area contributed by atoms with Gasteiger partial charge in [0.25, 0.3) is 0 Å². The third-order valence-electron chi connectivity index (χ3n) is 3.04. The van der Waals surface area contributed by atoms with Crippen molar-refractivity contribution in [1.82, 2.24) is 9.97 Å². The van der Waals surface area contributed by atoms with Gasteiger partial charge in [0.05, 0.1) is 21.3 Å². The van der Waals surface area contributed by atoms with Crippen molar-refractivity contribution < 1.29 is 45.2 Å². The van der Waals surface area contributed by atoms with E-state index in [-0.39, 0.29) is 36.9 Å². The molecule has 0 aliphatic heterocycles. The van der Waals surface area contributed by atoms with E-state index in [9.17, 15) is 0 Å². The SMILES string of the molecule is COc1cc(Cc2cnc(N)nc2N)cc(OC)c1OC.[H-].[Na+]. The zero-order valence-electron chi connectivity index (χ0n) is 14.2. The van der Waals surface area contributed by atoms with Crippen LogP contribution in [-0.4, -0.2) is 31.3 Å². The van der Waals surface area contributed by atoms with Crippen LogP contribution in [0.15, 0.2) is 18.3 Å². The Hall–Kier alpha value is -1.70. The summed E-state index contributed by atoms with van der Waals surface area (Å²) >= 11 is 0. The van der Waals surface area contributed by atoms with Crippen molar-refractivity contribution in [2.45, 2.75) is 6.42 Å². The number of nitrogens with zero attached hydrogens (tertiary/aromatic N) is 2. The third-order valence-corrected chi connectivity index (χ3v) is 3.04. The first kappa shape index (κ1) is 18.3. The molecule has 2 aromatic rings. The van der Waals surface area contributed by atoms with Crippen molar-refractivity contribution in [2.24, 2.45) is 0 Å². The van der Waals surface area contributed by atoms with E-state index in [1.165, 1.54) is 0 Å². The minimum absolute atomic E-state index is 0. The smallest absolute Gasteiger partial charge is 1.00 e. The zero-order chi connectivity index (χ0) is 15.4. The van der Waals surface area contributed by atoms with Crippen LogP contribution >= 0.6 is 0 Å². The van der Waals surface area contributed by atoms with Crippen LogP contribution in [0.1, 0.15) is 12.6 Å². The Labute approximate surface area is 152 Å². The van der Waals surface area contributed by atoms with Crippen LogP contribution in [-0.2, 0) is 6.42 Å². The summed E-state index contributed by atoms with van der Waals surface area (Å²) in [6.45, 7) is 0. The van der Waals surface area contributed by atoms with Gasteiger partial charge in [0.2, 0.25) is 11.7 Å². The van der Waals surface area contributed by atoms with Gasteiger partial charge >= 0.3 is 29.6 Å². The minimum Gasteiger partial charge on any atom is -1.00 e. The Morgan fingerprint density at radius 1 is 1.05 bits per heavy atom. The zero-order valence-corrected chi connectivity index (χ0v) is 15.2. The second-order valence-electron chi connectivity index (χ2n) is 4.35. The fourth-order valence-electron chi connectivity index (χ4n) is 2.03. The van der Waals surface area contributed by atoms with Gasteiger partial charge in [-0.05, 0) is 17.7 Å². The van der Waals surface area contributed by atoms with Gasteiger partial charge in [0.15, 0.2) is 11.5 Å². The number of methoxy groups -OCH3 is 3. The molecule has 1 aromatic carbocycles. The van der Waals surface area contributed by atoms with Gasteiger partial charge in [-0.2, -0.15) is 4.98 Å². The summed E-state index contributed by atoms with van der Waals surface area (Å²) in [6, 6.07) is 3.72. The number of aromatic nitrogens is 2. The molecule has 2 rings (SSSR count). The van der Waals surface area contributed by atoms with Crippen LogP contribution in [0, 0.1) is 0 Å². The number of hydrogen-bond donors (Lipinski definition) is 2. The standard InChI is InChI=1S/C14H18N4O3.Na.H/c1-19-10-5-8(6-11(20-2)12(10)21-3)4-9-7-17-14(16)18-13(9)15;;/h5-7H,4H2,1-3H3,(H4,15,16,17,18);;/q;+1;-1. The molecule has 0 radical (unpaired) electrons. The molecule has 0 saturated heterocycles. The molecule has 7 nitrogen and oxygen atoms in total. The molecule has 4 N–H and O–H groups in total. The van der Waals surface area contributed by atoms with Crippen LogP contribution in [0.3, 0.4) is 0 Å². The maximum absolute atomic E-state index is 5.85. The number of ether oxygens (including phenoxy) is 3. The molecular weight excluding hydrogens is 295 g/mol. The second-order valence-corrected chi connectivity index (χ2v) is 4.35. The number of benzene rings is 1. The Bertz CT molecular complexity index is 633. The molecule has 0 fully saturated rings. The Morgan fingerprint density at radius 3 is 2.09 bits per heavy atom. The van der Waals surface area contributed by atoms with Crippen molar-refractivity contribution in [3.8, 4) is 17.2 Å². The van der Waals surface area contributed by atoms with E-state index < -0.39 is 0 Å². The van der Waals surface area contributed by atoms with Crippen LogP contribution < -0.4 is 55.2 Å². The largest absolute Gasteiger partial charge is 1.00 e. The Balaban J connectivity index is 0.00000242. The Morgan fingerprint density at radius 2 is 1.64 bits per heavy atom. The van der Waals surface area contributed by atoms with Gasteiger partial charge < -0.3 is 27.1 Å². The van der Waals surface area contributed by atoms with E-state index in [0.29, 0.717) is 29.5 Å². The number of hydrogen-bond acceptors (Lipinski definition) is 7. The van der Waals surface area contributed by atoms with Gasteiger partial charge in [-0.25, -0.2) is 4.98 Å². The maximum Gasteiger partial charge on any atom is 1.00 e. The Kier molecular flexibility index (Phi) is 6.73. The first-order chi connectivity index (χ1) is 10.1. The molecule has 0 spiro atoms. The summed E-state index contributed by atoms with van der Waals surface area (Å²) in [5.74, 6) is 2.23. The van der Waals surface area contributed by atoms with Crippen LogP contribution in [0.5, 0.6) is 17.2 Å². The quantitative estimate of drug-likeness (QED) is 0.639. The van der Waals surface area contributed by atoms with Gasteiger partial charge in [-0.3, -0.25) is 0 Å². The van der Waals surface area contributed by atoms with E-state index in [1.807, 2.05) is 12.1 Å². The topological polar surface area (TPSA) is 106 Å². The van der Waals surface area contributed by atoms with E-state index >= 15 is 0 Å². The van der Waals surface area contributed by atoms with Crippen molar-refractivity contribution >= 4 is 11.8 Å². The normalized spacial score (nSPS) is 9.77. The number of anilines is 2. The molecule has 0 bridgehead atoms. The average Bonchev–Trinajstić information content (AvgIpc) is 2.49. The molecule has 0 atom stereocenters. The van der Waals surface area contributed by atoms with Gasteiger partial charge in [-0.1, -0.05) is 0 Å². The van der Waals surface area contributed by atoms with Crippen molar-refractivity contribution in [1.29, 1.82) is 0 Å². The first-order valence-electron chi connectivity index (χ1n) is 6.24. The fraction of sp³-hybridized carbons (Fsp3) is 0.286. The summed E-state index contributed by atoms with van der Waals surface area (Å²) in [7, 11) is 4.70. The molecule has 1 aromatic heterocycles. The number of nitrogen functional groups attached to an aromatic ring is 2. The molecule has 22 heavy (non-hydrogen) atoms. The molecule has 0 unspecified atom stereocenters. The number of nitrogens with two attached hydrogens (primary N) is 2. The molecule has 0 amide bonds. The third kappa shape index (κ3) is 3.94. The molecule has 0 saturated carbocycles. The number of rotatable bonds is 5. The molecule has 1 heterocycles. The van der Waals surface area contributed by atoms with Crippen molar-refractivity contribution in [3.05, 3.63) is 29.5 Å². The first-order valence-corrected chi connectivity index (χ1v) is 6.24. The van der Waals surface area contributed by atoms with E-state index in [4.69, 9.17) is 25.7 Å². The van der Waals surface area contributed by atoms with Crippen LogP contribution in [0.4, 0.5) is 11.8 Å². The van der Waals surface area contributed by atoms with Gasteiger partial charge in [-0.15, -0.1) is 0 Å². The monoisotopic (exact) mass is 314 g/mol. The van der Waals surface area contributed by atoms with Gasteiger partial charge in [0, 0.05) is 18.2 Å². The summed E-state index contributed by atoms with van der Waals surface area (Å²) in [4.78, 5) is 7.90. The van der Waals surface area contributed by atoms with E-state index in [2.05, 4.69) is 9.97 Å². The predicted molar refractivity (Wildman–Crippen MR) is 80.9 cm³/mol. The van der Waals surface area contributed by atoms with Gasteiger partial charge in [0.1, 0.15) is 5.82 Å². The maximum atomic E-state index is 5.85. The van der Waals surface area contributed by atoms with E-state index in [1.54, 1.807) is 27.5 Å². The molecule has 114 valence electrons. The molecule has 0 aliphatic rings. The minimum atomic E-state index is 0. The summed E-state index contributed by atoms with van der Waals surface area (Å²) in [6.07, 6.45) is 2.14. The summed E-state index contributed by atoms with van der Waals surface area (Å²) in [5, 5.41) is 0. The predicted octanol–water partition coefficient (Wildman–Crippen LogP) is -1.63. The van der Waals surface area contributed by atoms with Crippen LogP contribution in [0.25, 0.3) is 0 Å². The fourth-order valence-corrected chi connectivity index (χ4v) is 2.03. The van der Waals surface area contributed by atoms with Crippen LogP contribution in [0.2, 0.25) is 0 Å². The second kappa shape index (κ2) is 8.07. The molecular formula is C14H19N4NaO3. The summed E-state index contributed by atoms with van der Waals surface area (Å²) < 4.78 is 15.9. The average molecular weight is 314 g/mol. The summed E-state index contributed by atoms with van der Waals surface area (Å²) in [5.41, 5.74) is 13.1. The van der Waals surface area contributed by atoms with Crippen molar-refractivity contribution in [3.63, 3.8) is 0 Å².